The number of hydrogen-bond acceptors (Lipinski definition) is 2. The van der Waals surface area contributed by atoms with Crippen molar-refractivity contribution in [1.82, 2.24) is 9.55 Å². The largest absolute Gasteiger partial charge is 0.331 e. The van der Waals surface area contributed by atoms with Crippen LogP contribution in [0.25, 0.3) is 11.0 Å². The quantitative estimate of drug-likeness (QED) is 0.927. The highest BCUT2D eigenvalue weighted by atomic mass is 15.1. The molecular weight excluding hydrogens is 246 g/mol. The fraction of sp³-hybridized carbons (Fsp3) is 0.588. The van der Waals surface area contributed by atoms with Crippen LogP contribution in [-0.4, -0.2) is 15.6 Å². The van der Waals surface area contributed by atoms with E-state index in [2.05, 4.69) is 36.7 Å². The number of fused-ring (bicyclic) bond motifs is 1. The molecule has 3 unspecified atom stereocenters. The van der Waals surface area contributed by atoms with Crippen LogP contribution in [0.2, 0.25) is 0 Å². The molecule has 0 saturated heterocycles. The fourth-order valence-corrected chi connectivity index (χ4v) is 3.63. The highest BCUT2D eigenvalue weighted by Gasteiger charge is 2.28. The standard InChI is InChI=1S/C17H25N3/c1-3-12-8-9-13(10-12)14(18)11-17-19-15-6-4-5-7-16(15)20(17)2/h4-7,12-14H,3,8-11,18H2,1-2H3. The van der Waals surface area contributed by atoms with Crippen molar-refractivity contribution in [2.45, 2.75) is 45.1 Å². The minimum atomic E-state index is 0.252. The highest BCUT2D eigenvalue weighted by Crippen LogP contribution is 2.35. The third-order valence-corrected chi connectivity index (χ3v) is 5.06. The van der Waals surface area contributed by atoms with Crippen LogP contribution in [0, 0.1) is 11.8 Å². The van der Waals surface area contributed by atoms with Crippen LogP contribution in [0.15, 0.2) is 24.3 Å². The van der Waals surface area contributed by atoms with Crippen LogP contribution in [0.5, 0.6) is 0 Å². The molecule has 1 aliphatic rings. The molecule has 0 spiro atoms. The molecule has 20 heavy (non-hydrogen) atoms. The Hall–Kier alpha value is -1.35. The number of hydrogen-bond donors (Lipinski definition) is 1. The summed E-state index contributed by atoms with van der Waals surface area (Å²) in [5.41, 5.74) is 8.75. The van der Waals surface area contributed by atoms with Gasteiger partial charge in [-0.15, -0.1) is 0 Å². The molecule has 1 aromatic carbocycles. The van der Waals surface area contributed by atoms with Gasteiger partial charge in [0.15, 0.2) is 0 Å². The van der Waals surface area contributed by atoms with E-state index in [4.69, 9.17) is 10.7 Å². The van der Waals surface area contributed by atoms with Gasteiger partial charge in [0.05, 0.1) is 11.0 Å². The molecule has 0 aliphatic heterocycles. The van der Waals surface area contributed by atoms with Gasteiger partial charge in [-0.05, 0) is 36.8 Å². The Kier molecular flexibility index (Phi) is 3.79. The number of nitrogens with zero attached hydrogens (tertiary/aromatic N) is 2. The Balaban J connectivity index is 1.74. The van der Waals surface area contributed by atoms with E-state index in [9.17, 15) is 0 Å². The van der Waals surface area contributed by atoms with Gasteiger partial charge < -0.3 is 10.3 Å². The number of aryl methyl sites for hydroxylation is 1. The molecule has 2 aromatic rings. The minimum absolute atomic E-state index is 0.252. The number of aromatic nitrogens is 2. The number of para-hydroxylation sites is 2. The Labute approximate surface area is 121 Å². The van der Waals surface area contributed by atoms with Crippen molar-refractivity contribution in [1.29, 1.82) is 0 Å². The topological polar surface area (TPSA) is 43.8 Å². The first-order valence-corrected chi connectivity index (χ1v) is 7.85. The predicted octanol–water partition coefficient (Wildman–Crippen LogP) is 3.27. The zero-order chi connectivity index (χ0) is 14.1. The molecule has 3 atom stereocenters. The molecule has 1 saturated carbocycles. The third-order valence-electron chi connectivity index (χ3n) is 5.06. The average molecular weight is 271 g/mol. The van der Waals surface area contributed by atoms with Crippen molar-refractivity contribution in [2.24, 2.45) is 24.6 Å². The monoisotopic (exact) mass is 271 g/mol. The first-order chi connectivity index (χ1) is 9.69. The highest BCUT2D eigenvalue weighted by molar-refractivity contribution is 5.75. The summed E-state index contributed by atoms with van der Waals surface area (Å²) in [5.74, 6) is 2.70. The molecular formula is C17H25N3. The maximum atomic E-state index is 6.47. The smallest absolute Gasteiger partial charge is 0.111 e. The van der Waals surface area contributed by atoms with Gasteiger partial charge in [-0.3, -0.25) is 0 Å². The molecule has 3 rings (SSSR count). The van der Waals surface area contributed by atoms with E-state index < -0.39 is 0 Å². The second kappa shape index (κ2) is 5.57. The number of benzene rings is 1. The van der Waals surface area contributed by atoms with Crippen molar-refractivity contribution in [2.75, 3.05) is 0 Å². The van der Waals surface area contributed by atoms with Gasteiger partial charge in [0.1, 0.15) is 5.82 Å². The van der Waals surface area contributed by atoms with Crippen molar-refractivity contribution >= 4 is 11.0 Å². The van der Waals surface area contributed by atoms with E-state index in [1.807, 2.05) is 6.07 Å². The van der Waals surface area contributed by atoms with E-state index in [1.54, 1.807) is 0 Å². The van der Waals surface area contributed by atoms with E-state index in [0.717, 1.165) is 23.7 Å². The molecule has 108 valence electrons. The van der Waals surface area contributed by atoms with E-state index >= 15 is 0 Å². The Morgan fingerprint density at radius 2 is 2.15 bits per heavy atom. The maximum Gasteiger partial charge on any atom is 0.111 e. The summed E-state index contributed by atoms with van der Waals surface area (Å²) in [6.07, 6.45) is 6.16. The van der Waals surface area contributed by atoms with Crippen molar-refractivity contribution in [3.63, 3.8) is 0 Å². The van der Waals surface area contributed by atoms with Crippen molar-refractivity contribution < 1.29 is 0 Å². The summed E-state index contributed by atoms with van der Waals surface area (Å²) in [7, 11) is 2.10. The minimum Gasteiger partial charge on any atom is -0.331 e. The SMILES string of the molecule is CCC1CCC(C(N)Cc2nc3ccccc3n2C)C1. The van der Waals surface area contributed by atoms with Gasteiger partial charge in [-0.25, -0.2) is 4.98 Å². The van der Waals surface area contributed by atoms with Crippen LogP contribution in [0.4, 0.5) is 0 Å². The lowest BCUT2D eigenvalue weighted by atomic mass is 9.94. The van der Waals surface area contributed by atoms with Crippen LogP contribution in [0.1, 0.15) is 38.4 Å². The summed E-state index contributed by atoms with van der Waals surface area (Å²) < 4.78 is 2.20. The summed E-state index contributed by atoms with van der Waals surface area (Å²) >= 11 is 0. The summed E-state index contributed by atoms with van der Waals surface area (Å²) in [4.78, 5) is 4.75. The number of imidazole rings is 1. The van der Waals surface area contributed by atoms with Gasteiger partial charge in [-0.2, -0.15) is 0 Å². The molecule has 0 bridgehead atoms. The normalized spacial score (nSPS) is 24.4. The first-order valence-electron chi connectivity index (χ1n) is 7.85. The lowest BCUT2D eigenvalue weighted by Gasteiger charge is -2.19. The zero-order valence-electron chi connectivity index (χ0n) is 12.5. The summed E-state index contributed by atoms with van der Waals surface area (Å²) in [6, 6.07) is 8.56. The molecule has 0 amide bonds. The number of nitrogens with two attached hydrogens (primary N) is 1. The molecule has 1 heterocycles. The van der Waals surface area contributed by atoms with Crippen LogP contribution >= 0.6 is 0 Å². The van der Waals surface area contributed by atoms with E-state index in [0.29, 0.717) is 5.92 Å². The van der Waals surface area contributed by atoms with Gasteiger partial charge in [0, 0.05) is 19.5 Å². The Morgan fingerprint density at radius 1 is 1.35 bits per heavy atom. The third kappa shape index (κ3) is 2.47. The van der Waals surface area contributed by atoms with Crippen LogP contribution < -0.4 is 5.73 Å². The molecule has 3 heteroatoms. The predicted molar refractivity (Wildman–Crippen MR) is 83.5 cm³/mol. The fourth-order valence-electron chi connectivity index (χ4n) is 3.63. The van der Waals surface area contributed by atoms with E-state index in [1.165, 1.54) is 31.2 Å². The molecule has 1 aliphatic carbocycles. The molecule has 1 aromatic heterocycles. The van der Waals surface area contributed by atoms with Gasteiger partial charge in [0.2, 0.25) is 0 Å². The Morgan fingerprint density at radius 3 is 2.85 bits per heavy atom. The van der Waals surface area contributed by atoms with Gasteiger partial charge in [-0.1, -0.05) is 31.9 Å². The zero-order valence-corrected chi connectivity index (χ0v) is 12.5. The molecule has 2 N–H and O–H groups in total. The number of rotatable bonds is 4. The summed E-state index contributed by atoms with van der Waals surface area (Å²) in [6.45, 7) is 2.30. The molecule has 1 fully saturated rings. The second-order valence-corrected chi connectivity index (χ2v) is 6.29. The average Bonchev–Trinajstić information content (AvgIpc) is 3.05. The second-order valence-electron chi connectivity index (χ2n) is 6.29. The van der Waals surface area contributed by atoms with Crippen LogP contribution in [0.3, 0.4) is 0 Å². The Bertz CT molecular complexity index is 587. The van der Waals surface area contributed by atoms with Gasteiger partial charge in [0.25, 0.3) is 0 Å². The molecule has 0 radical (unpaired) electrons. The first kappa shape index (κ1) is 13.6. The maximum absolute atomic E-state index is 6.47. The van der Waals surface area contributed by atoms with Crippen molar-refractivity contribution in [3.05, 3.63) is 30.1 Å². The van der Waals surface area contributed by atoms with E-state index in [-0.39, 0.29) is 6.04 Å². The lowest BCUT2D eigenvalue weighted by Crippen LogP contribution is -2.32. The lowest BCUT2D eigenvalue weighted by molar-refractivity contribution is 0.398. The summed E-state index contributed by atoms with van der Waals surface area (Å²) in [5, 5.41) is 0. The molecule has 3 nitrogen and oxygen atoms in total. The van der Waals surface area contributed by atoms with Crippen molar-refractivity contribution in [3.8, 4) is 0 Å². The van der Waals surface area contributed by atoms with Gasteiger partial charge >= 0.3 is 0 Å². The van der Waals surface area contributed by atoms with Crippen LogP contribution in [-0.2, 0) is 13.5 Å².